The molecule has 2 heterocycles. The number of carboxylic acids is 1. The second-order valence-electron chi connectivity index (χ2n) is 6.76. The van der Waals surface area contributed by atoms with Gasteiger partial charge < -0.3 is 25.2 Å². The lowest BCUT2D eigenvalue weighted by atomic mass is 10.2. The van der Waals surface area contributed by atoms with Crippen molar-refractivity contribution in [3.8, 4) is 5.88 Å². The van der Waals surface area contributed by atoms with E-state index in [4.69, 9.17) is 19.6 Å². The number of aliphatic hydroxyl groups is 1. The Morgan fingerprint density at radius 1 is 1.22 bits per heavy atom. The zero-order valence-corrected chi connectivity index (χ0v) is 15.5. The summed E-state index contributed by atoms with van der Waals surface area (Å²) >= 11 is 0. The second kappa shape index (κ2) is 8.96. The van der Waals surface area contributed by atoms with E-state index in [2.05, 4.69) is 15.2 Å². The topological polar surface area (TPSA) is 108 Å². The number of nitrogens with one attached hydrogen (secondary N) is 1. The Hall–Kier alpha value is -2.45. The van der Waals surface area contributed by atoms with Crippen LogP contribution in [0, 0.1) is 0 Å². The van der Waals surface area contributed by atoms with E-state index < -0.39 is 12.1 Å². The molecule has 2 aromatic rings. The Morgan fingerprint density at radius 2 is 1.93 bits per heavy atom. The molecule has 1 aliphatic heterocycles. The highest BCUT2D eigenvalue weighted by atomic mass is 16.5. The number of aliphatic carboxylic acids is 1. The van der Waals surface area contributed by atoms with Crippen LogP contribution in [0.2, 0.25) is 0 Å². The van der Waals surface area contributed by atoms with E-state index in [9.17, 15) is 5.11 Å². The second-order valence-corrected chi connectivity index (χ2v) is 6.76. The average molecular weight is 374 g/mol. The first-order chi connectivity index (χ1) is 13.0. The summed E-state index contributed by atoms with van der Waals surface area (Å²) < 4.78 is 6.09. The summed E-state index contributed by atoms with van der Waals surface area (Å²) in [6.07, 6.45) is 2.12. The Balaban J connectivity index is 0.000000481. The number of benzene rings is 1. The van der Waals surface area contributed by atoms with Crippen molar-refractivity contribution in [2.24, 2.45) is 0 Å². The first-order valence-electron chi connectivity index (χ1n) is 9.31. The van der Waals surface area contributed by atoms with Gasteiger partial charge in [0, 0.05) is 33.1 Å². The molecule has 2 fully saturated rings. The molecular formula is C19H26N4O4. The van der Waals surface area contributed by atoms with E-state index in [1.165, 1.54) is 0 Å². The molecule has 4 rings (SSSR count). The number of anilines is 1. The van der Waals surface area contributed by atoms with Crippen LogP contribution >= 0.6 is 0 Å². The van der Waals surface area contributed by atoms with Crippen molar-refractivity contribution in [3.63, 3.8) is 0 Å². The predicted molar refractivity (Wildman–Crippen MR) is 102 cm³/mol. The van der Waals surface area contributed by atoms with Gasteiger partial charge >= 0.3 is 0 Å². The summed E-state index contributed by atoms with van der Waals surface area (Å²) in [4.78, 5) is 20.6. The number of rotatable bonds is 3. The number of aliphatic hydroxyl groups excluding tert-OH is 1. The van der Waals surface area contributed by atoms with Gasteiger partial charge in [-0.2, -0.15) is 4.98 Å². The number of carboxylic acid groups (broad SMARTS) is 1. The van der Waals surface area contributed by atoms with E-state index in [0.29, 0.717) is 11.8 Å². The van der Waals surface area contributed by atoms with Crippen LogP contribution in [0.3, 0.4) is 0 Å². The first-order valence-corrected chi connectivity index (χ1v) is 9.31. The summed E-state index contributed by atoms with van der Waals surface area (Å²) in [5.74, 6) is 0.475. The summed E-state index contributed by atoms with van der Waals surface area (Å²) in [5.41, 5.74) is 0.888. The van der Waals surface area contributed by atoms with E-state index in [1.807, 2.05) is 24.3 Å². The number of piperazine rings is 1. The minimum Gasteiger partial charge on any atom is -0.481 e. The van der Waals surface area contributed by atoms with Gasteiger partial charge in [-0.15, -0.1) is 0 Å². The van der Waals surface area contributed by atoms with Crippen molar-refractivity contribution >= 4 is 22.8 Å². The van der Waals surface area contributed by atoms with Gasteiger partial charge in [-0.05, 0) is 31.4 Å². The smallest absolute Gasteiger partial charge is 0.300 e. The van der Waals surface area contributed by atoms with Crippen molar-refractivity contribution in [3.05, 3.63) is 24.3 Å². The molecule has 1 saturated carbocycles. The molecule has 3 N–H and O–H groups in total. The number of hydrogen-bond acceptors (Lipinski definition) is 7. The molecule has 0 spiro atoms. The molecule has 0 amide bonds. The number of ether oxygens (including phenoxy) is 1. The molecule has 27 heavy (non-hydrogen) atoms. The fourth-order valence-electron chi connectivity index (χ4n) is 3.32. The molecule has 0 bridgehead atoms. The van der Waals surface area contributed by atoms with Crippen LogP contribution in [0.4, 0.5) is 5.95 Å². The summed E-state index contributed by atoms with van der Waals surface area (Å²) in [7, 11) is 0. The molecule has 8 nitrogen and oxygen atoms in total. The molecule has 2 atom stereocenters. The summed E-state index contributed by atoms with van der Waals surface area (Å²) in [6, 6.07) is 7.91. The van der Waals surface area contributed by atoms with Crippen LogP contribution in [0.1, 0.15) is 26.2 Å². The number of para-hydroxylation sites is 1. The highest BCUT2D eigenvalue weighted by molar-refractivity contribution is 5.84. The SMILES string of the molecule is CC(=O)O.O[C@@H]1CCC[C@@H]1Oc1nc(N2CCNCC2)nc2ccccc12. The number of carbonyl (C=O) groups is 1. The zero-order chi connectivity index (χ0) is 19.2. The Morgan fingerprint density at radius 3 is 2.59 bits per heavy atom. The van der Waals surface area contributed by atoms with Crippen LogP contribution in [-0.4, -0.2) is 64.5 Å². The molecule has 8 heteroatoms. The van der Waals surface area contributed by atoms with E-state index >= 15 is 0 Å². The summed E-state index contributed by atoms with van der Waals surface area (Å²) in [5, 5.41) is 21.7. The quantitative estimate of drug-likeness (QED) is 0.740. The number of hydrogen-bond donors (Lipinski definition) is 3. The molecule has 1 aromatic heterocycles. The highest BCUT2D eigenvalue weighted by Gasteiger charge is 2.28. The monoisotopic (exact) mass is 374 g/mol. The van der Waals surface area contributed by atoms with E-state index in [1.54, 1.807) is 0 Å². The molecule has 0 unspecified atom stereocenters. The van der Waals surface area contributed by atoms with E-state index in [-0.39, 0.29) is 6.10 Å². The third kappa shape index (κ3) is 5.05. The standard InChI is InChI=1S/C17H22N4O2.C2H4O2/c22-14-6-3-7-15(14)23-16-12-4-1-2-5-13(12)19-17(20-16)21-10-8-18-9-11-21;1-2(3)4/h1-2,4-5,14-15,18,22H,3,6-11H2;1H3,(H,3,4)/t14-,15+;/m1./s1. The van der Waals surface area contributed by atoms with Crippen LogP contribution in [-0.2, 0) is 4.79 Å². The molecule has 1 aliphatic carbocycles. The minimum absolute atomic E-state index is 0.163. The Bertz CT molecular complexity index is 775. The van der Waals surface area contributed by atoms with Gasteiger partial charge in [0.2, 0.25) is 11.8 Å². The fraction of sp³-hybridized carbons (Fsp3) is 0.526. The molecule has 1 aromatic carbocycles. The number of fused-ring (bicyclic) bond motifs is 1. The third-order valence-corrected chi connectivity index (χ3v) is 4.64. The fourth-order valence-corrected chi connectivity index (χ4v) is 3.32. The molecule has 0 radical (unpaired) electrons. The van der Waals surface area contributed by atoms with Crippen molar-refractivity contribution in [1.29, 1.82) is 0 Å². The normalized spacial score (nSPS) is 22.2. The van der Waals surface area contributed by atoms with Gasteiger partial charge in [0.05, 0.1) is 17.0 Å². The van der Waals surface area contributed by atoms with Crippen molar-refractivity contribution < 1.29 is 19.7 Å². The van der Waals surface area contributed by atoms with Gasteiger partial charge in [-0.1, -0.05) is 12.1 Å². The molecule has 1 saturated heterocycles. The van der Waals surface area contributed by atoms with Gasteiger partial charge in [-0.3, -0.25) is 4.79 Å². The zero-order valence-electron chi connectivity index (χ0n) is 15.5. The lowest BCUT2D eigenvalue weighted by Gasteiger charge is -2.28. The van der Waals surface area contributed by atoms with Crippen molar-refractivity contribution in [2.45, 2.75) is 38.4 Å². The average Bonchev–Trinajstić information content (AvgIpc) is 3.06. The first kappa shape index (κ1) is 19.3. The van der Waals surface area contributed by atoms with Crippen LogP contribution in [0.5, 0.6) is 5.88 Å². The minimum atomic E-state index is -0.833. The third-order valence-electron chi connectivity index (χ3n) is 4.64. The highest BCUT2D eigenvalue weighted by Crippen LogP contribution is 2.30. The lowest BCUT2D eigenvalue weighted by Crippen LogP contribution is -2.44. The van der Waals surface area contributed by atoms with Gasteiger partial charge in [0.25, 0.3) is 5.97 Å². The maximum atomic E-state index is 10.1. The van der Waals surface area contributed by atoms with Crippen LogP contribution < -0.4 is 15.0 Å². The maximum absolute atomic E-state index is 10.1. The van der Waals surface area contributed by atoms with E-state index in [0.717, 1.165) is 63.3 Å². The van der Waals surface area contributed by atoms with Gasteiger partial charge in [0.15, 0.2) is 0 Å². The number of nitrogens with zero attached hydrogens (tertiary/aromatic N) is 3. The molecule has 146 valence electrons. The molecule has 2 aliphatic rings. The van der Waals surface area contributed by atoms with Crippen LogP contribution in [0.25, 0.3) is 10.9 Å². The Kier molecular flexibility index (Phi) is 6.41. The largest absolute Gasteiger partial charge is 0.481 e. The van der Waals surface area contributed by atoms with Crippen molar-refractivity contribution in [2.75, 3.05) is 31.1 Å². The number of aromatic nitrogens is 2. The van der Waals surface area contributed by atoms with Crippen LogP contribution in [0.15, 0.2) is 24.3 Å². The summed E-state index contributed by atoms with van der Waals surface area (Å²) in [6.45, 7) is 4.75. The predicted octanol–water partition coefficient (Wildman–Crippen LogP) is 1.42. The lowest BCUT2D eigenvalue weighted by molar-refractivity contribution is -0.134. The molecular weight excluding hydrogens is 348 g/mol. The van der Waals surface area contributed by atoms with Gasteiger partial charge in [0.1, 0.15) is 6.10 Å². The van der Waals surface area contributed by atoms with Gasteiger partial charge in [-0.25, -0.2) is 4.98 Å². The van der Waals surface area contributed by atoms with Crippen molar-refractivity contribution in [1.82, 2.24) is 15.3 Å². The Labute approximate surface area is 158 Å². The maximum Gasteiger partial charge on any atom is 0.300 e.